The number of hydrogen-bond acceptors (Lipinski definition) is 4. The number of nitrogens with zero attached hydrogens (tertiary/aromatic N) is 2. The van der Waals surface area contributed by atoms with Crippen LogP contribution >= 0.6 is 0 Å². The van der Waals surface area contributed by atoms with E-state index in [9.17, 15) is 9.59 Å². The Balaban J connectivity index is 1.36. The molecule has 1 aromatic carbocycles. The summed E-state index contributed by atoms with van der Waals surface area (Å²) in [6, 6.07) is 7.99. The maximum Gasteiger partial charge on any atom is 0.223 e. The zero-order valence-electron chi connectivity index (χ0n) is 15.0. The highest BCUT2D eigenvalue weighted by Gasteiger charge is 2.43. The first-order valence-electron chi connectivity index (χ1n) is 8.98. The lowest BCUT2D eigenvalue weighted by Crippen LogP contribution is -2.49. The van der Waals surface area contributed by atoms with Gasteiger partial charge in [-0.15, -0.1) is 0 Å². The third-order valence-corrected chi connectivity index (χ3v) is 5.22. The van der Waals surface area contributed by atoms with Crippen molar-refractivity contribution >= 4 is 11.8 Å². The van der Waals surface area contributed by atoms with Crippen molar-refractivity contribution in [2.45, 2.75) is 19.3 Å². The Morgan fingerprint density at radius 1 is 1.16 bits per heavy atom. The van der Waals surface area contributed by atoms with E-state index in [2.05, 4.69) is 10.2 Å². The number of hydrogen-bond donors (Lipinski definition) is 1. The molecule has 1 saturated carbocycles. The van der Waals surface area contributed by atoms with E-state index in [0.29, 0.717) is 12.5 Å². The number of carbonyl (C=O) groups excluding carboxylic acids is 2. The Kier molecular flexibility index (Phi) is 5.58. The number of methoxy groups -OCH3 is 1. The fraction of sp³-hybridized carbons (Fsp3) is 0.579. The fourth-order valence-electron chi connectivity index (χ4n) is 3.46. The smallest absolute Gasteiger partial charge is 0.223 e. The topological polar surface area (TPSA) is 61.9 Å². The average molecular weight is 345 g/mol. The van der Waals surface area contributed by atoms with Gasteiger partial charge < -0.3 is 15.0 Å². The molecule has 1 aromatic rings. The van der Waals surface area contributed by atoms with E-state index in [0.717, 1.165) is 44.9 Å². The molecular weight excluding hydrogens is 318 g/mol. The largest absolute Gasteiger partial charge is 0.497 e. The number of carbonyl (C=O) groups is 2. The molecule has 1 N–H and O–H groups in total. The van der Waals surface area contributed by atoms with Gasteiger partial charge in [0.2, 0.25) is 11.8 Å². The first-order chi connectivity index (χ1) is 12.1. The van der Waals surface area contributed by atoms with Crippen molar-refractivity contribution in [2.75, 3.05) is 46.4 Å². The van der Waals surface area contributed by atoms with Crippen molar-refractivity contribution in [3.8, 4) is 5.75 Å². The van der Waals surface area contributed by atoms with Gasteiger partial charge in [0.05, 0.1) is 7.11 Å². The second kappa shape index (κ2) is 7.87. The second-order valence-corrected chi connectivity index (χ2v) is 6.86. The summed E-state index contributed by atoms with van der Waals surface area (Å²) >= 11 is 0. The van der Waals surface area contributed by atoms with Gasteiger partial charge in [-0.3, -0.25) is 14.5 Å². The van der Waals surface area contributed by atoms with Crippen molar-refractivity contribution < 1.29 is 14.3 Å². The third kappa shape index (κ3) is 4.51. The summed E-state index contributed by atoms with van der Waals surface area (Å²) in [7, 11) is 1.66. The van der Waals surface area contributed by atoms with Crippen LogP contribution in [0.4, 0.5) is 0 Å². The Morgan fingerprint density at radius 2 is 1.84 bits per heavy atom. The fourth-order valence-corrected chi connectivity index (χ4v) is 3.46. The van der Waals surface area contributed by atoms with Crippen LogP contribution in [-0.4, -0.2) is 68.0 Å². The summed E-state index contributed by atoms with van der Waals surface area (Å²) in [5, 5.41) is 3.06. The minimum absolute atomic E-state index is 0.1000. The normalized spacial score (nSPS) is 23.2. The molecule has 0 unspecified atom stereocenters. The van der Waals surface area contributed by atoms with E-state index >= 15 is 0 Å². The molecule has 25 heavy (non-hydrogen) atoms. The van der Waals surface area contributed by atoms with Crippen LogP contribution in [0.2, 0.25) is 0 Å². The van der Waals surface area contributed by atoms with E-state index < -0.39 is 0 Å². The molecule has 1 aliphatic heterocycles. The van der Waals surface area contributed by atoms with Gasteiger partial charge in [0.15, 0.2) is 0 Å². The standard InChI is InChI=1S/C19H27N3O3/c1-14(23)22-11-9-21(10-12-22)8-7-20-19(24)18-13-17(18)15-3-5-16(25-2)6-4-15/h3-6,17-18H,7-13H2,1-2H3,(H,20,24)/t17-,18-/m1/s1. The molecule has 0 bridgehead atoms. The van der Waals surface area contributed by atoms with Crippen molar-refractivity contribution in [3.63, 3.8) is 0 Å². The number of rotatable bonds is 6. The Bertz CT molecular complexity index is 609. The number of ether oxygens (including phenoxy) is 1. The van der Waals surface area contributed by atoms with Crippen molar-refractivity contribution in [1.29, 1.82) is 0 Å². The maximum atomic E-state index is 12.3. The summed E-state index contributed by atoms with van der Waals surface area (Å²) in [6.07, 6.45) is 0.926. The molecule has 1 heterocycles. The Labute approximate surface area is 149 Å². The van der Waals surface area contributed by atoms with Gasteiger partial charge in [-0.05, 0) is 30.0 Å². The van der Waals surface area contributed by atoms with E-state index in [1.807, 2.05) is 29.2 Å². The predicted molar refractivity (Wildman–Crippen MR) is 95.5 cm³/mol. The highest BCUT2D eigenvalue weighted by Crippen LogP contribution is 2.47. The summed E-state index contributed by atoms with van der Waals surface area (Å²) in [5.41, 5.74) is 1.21. The molecule has 2 amide bonds. The van der Waals surface area contributed by atoms with Crippen LogP contribution in [0.25, 0.3) is 0 Å². The van der Waals surface area contributed by atoms with Crippen LogP contribution < -0.4 is 10.1 Å². The lowest BCUT2D eigenvalue weighted by molar-refractivity contribution is -0.130. The van der Waals surface area contributed by atoms with E-state index in [-0.39, 0.29) is 17.7 Å². The monoisotopic (exact) mass is 345 g/mol. The van der Waals surface area contributed by atoms with Gasteiger partial charge in [0.1, 0.15) is 5.75 Å². The van der Waals surface area contributed by atoms with Crippen molar-refractivity contribution in [1.82, 2.24) is 15.1 Å². The summed E-state index contributed by atoms with van der Waals surface area (Å²) in [5.74, 6) is 1.58. The second-order valence-electron chi connectivity index (χ2n) is 6.86. The lowest BCUT2D eigenvalue weighted by atomic mass is 10.1. The van der Waals surface area contributed by atoms with Crippen LogP contribution in [0, 0.1) is 5.92 Å². The van der Waals surface area contributed by atoms with Gasteiger partial charge in [-0.2, -0.15) is 0 Å². The quantitative estimate of drug-likeness (QED) is 0.838. The molecule has 6 heteroatoms. The van der Waals surface area contributed by atoms with Crippen LogP contribution in [0.3, 0.4) is 0 Å². The number of amides is 2. The van der Waals surface area contributed by atoms with Gasteiger partial charge in [-0.25, -0.2) is 0 Å². The van der Waals surface area contributed by atoms with Gasteiger partial charge in [0, 0.05) is 52.1 Å². The zero-order valence-corrected chi connectivity index (χ0v) is 15.0. The molecule has 2 aliphatic rings. The molecule has 1 aliphatic carbocycles. The first kappa shape index (κ1) is 17.7. The van der Waals surface area contributed by atoms with Crippen molar-refractivity contribution in [2.24, 2.45) is 5.92 Å². The third-order valence-electron chi connectivity index (χ3n) is 5.22. The number of nitrogens with one attached hydrogen (secondary N) is 1. The first-order valence-corrected chi connectivity index (χ1v) is 8.98. The van der Waals surface area contributed by atoms with Crippen molar-refractivity contribution in [3.05, 3.63) is 29.8 Å². The maximum absolute atomic E-state index is 12.3. The van der Waals surface area contributed by atoms with E-state index in [1.54, 1.807) is 14.0 Å². The highest BCUT2D eigenvalue weighted by molar-refractivity contribution is 5.82. The van der Waals surface area contributed by atoms with Crippen LogP contribution in [0.5, 0.6) is 5.75 Å². The number of benzene rings is 1. The van der Waals surface area contributed by atoms with Gasteiger partial charge in [-0.1, -0.05) is 12.1 Å². The molecule has 136 valence electrons. The molecule has 0 spiro atoms. The van der Waals surface area contributed by atoms with E-state index in [4.69, 9.17) is 4.74 Å². The molecule has 0 aromatic heterocycles. The molecule has 3 rings (SSSR count). The predicted octanol–water partition coefficient (Wildman–Crippen LogP) is 1.08. The molecule has 2 atom stereocenters. The molecule has 2 fully saturated rings. The van der Waals surface area contributed by atoms with Crippen LogP contribution in [0.1, 0.15) is 24.8 Å². The minimum Gasteiger partial charge on any atom is -0.497 e. The van der Waals surface area contributed by atoms with Crippen LogP contribution in [0.15, 0.2) is 24.3 Å². The van der Waals surface area contributed by atoms with Crippen LogP contribution in [-0.2, 0) is 9.59 Å². The molecule has 0 radical (unpaired) electrons. The summed E-state index contributed by atoms with van der Waals surface area (Å²) in [6.45, 7) is 6.46. The van der Waals surface area contributed by atoms with Gasteiger partial charge >= 0.3 is 0 Å². The Morgan fingerprint density at radius 3 is 2.44 bits per heavy atom. The number of piperazine rings is 1. The SMILES string of the molecule is COc1ccc([C@H]2C[C@H]2C(=O)NCCN2CCN(C(C)=O)CC2)cc1. The van der Waals surface area contributed by atoms with E-state index in [1.165, 1.54) is 5.56 Å². The molecule has 1 saturated heterocycles. The Hall–Kier alpha value is -2.08. The van der Waals surface area contributed by atoms with Gasteiger partial charge in [0.25, 0.3) is 0 Å². The lowest BCUT2D eigenvalue weighted by Gasteiger charge is -2.34. The molecular formula is C19H27N3O3. The molecule has 6 nitrogen and oxygen atoms in total. The average Bonchev–Trinajstić information content (AvgIpc) is 3.43. The summed E-state index contributed by atoms with van der Waals surface area (Å²) in [4.78, 5) is 27.8. The zero-order chi connectivity index (χ0) is 17.8. The summed E-state index contributed by atoms with van der Waals surface area (Å²) < 4.78 is 5.17. The minimum atomic E-state index is 0.1000. The highest BCUT2D eigenvalue weighted by atomic mass is 16.5.